The Morgan fingerprint density at radius 3 is 2.58 bits per heavy atom. The molecule has 4 atom stereocenters. The Bertz CT molecular complexity index is 591. The summed E-state index contributed by atoms with van der Waals surface area (Å²) in [4.78, 5) is 14.3. The highest BCUT2D eigenvalue weighted by Crippen LogP contribution is 2.25. The smallest absolute Gasteiger partial charge is 0.319 e. The minimum Gasteiger partial charge on any atom is -0.492 e. The highest BCUT2D eigenvalue weighted by Gasteiger charge is 2.42. The quantitative estimate of drug-likeness (QED) is 0.731. The molecule has 3 rings (SSSR count). The van der Waals surface area contributed by atoms with E-state index in [1.807, 2.05) is 31.2 Å². The van der Waals surface area contributed by atoms with Crippen molar-refractivity contribution in [2.45, 2.75) is 71.0 Å². The van der Waals surface area contributed by atoms with Gasteiger partial charge in [0.2, 0.25) is 0 Å². The van der Waals surface area contributed by atoms with Gasteiger partial charge >= 0.3 is 6.03 Å². The van der Waals surface area contributed by atoms with Gasteiger partial charge in [0.25, 0.3) is 0 Å². The van der Waals surface area contributed by atoms with E-state index >= 15 is 0 Å². The summed E-state index contributed by atoms with van der Waals surface area (Å²) in [5.41, 5.74) is 0.731. The molecule has 2 aliphatic rings. The van der Waals surface area contributed by atoms with Gasteiger partial charge in [-0.1, -0.05) is 26.0 Å². The molecule has 2 unspecified atom stereocenters. The zero-order valence-corrected chi connectivity index (χ0v) is 16.4. The Kier molecular flexibility index (Phi) is 6.41. The lowest BCUT2D eigenvalue weighted by Crippen LogP contribution is -3.21. The van der Waals surface area contributed by atoms with Gasteiger partial charge in [-0.05, 0) is 38.3 Å². The number of fused-ring (bicyclic) bond motifs is 2. The van der Waals surface area contributed by atoms with Crippen LogP contribution in [0.25, 0.3) is 0 Å². The standard InChI is InChI=1S/C21H33N3O2/c1-4-26-20-11-6-5-10-19(20)23-21(25)22-16-12-17-8-7-9-18(13-16)24(17)14-15(2)3/h5-6,10-11,15-18H,4,7-9,12-14H2,1-3H3,(H2,22,23,25)/p+1/t16?,17-,18+. The van der Waals surface area contributed by atoms with Gasteiger partial charge < -0.3 is 20.3 Å². The summed E-state index contributed by atoms with van der Waals surface area (Å²) < 4.78 is 5.59. The van der Waals surface area contributed by atoms with Crippen LogP contribution in [0, 0.1) is 5.92 Å². The summed E-state index contributed by atoms with van der Waals surface area (Å²) in [5.74, 6) is 1.45. The number of urea groups is 1. The summed E-state index contributed by atoms with van der Waals surface area (Å²) in [5, 5.41) is 6.19. The van der Waals surface area contributed by atoms with Crippen molar-refractivity contribution in [1.29, 1.82) is 0 Å². The zero-order chi connectivity index (χ0) is 18.5. The van der Waals surface area contributed by atoms with Crippen LogP contribution in [0.15, 0.2) is 24.3 Å². The van der Waals surface area contributed by atoms with Crippen molar-refractivity contribution in [3.8, 4) is 5.75 Å². The second kappa shape index (κ2) is 8.76. The van der Waals surface area contributed by atoms with Crippen molar-refractivity contribution in [3.63, 3.8) is 0 Å². The topological polar surface area (TPSA) is 54.8 Å². The van der Waals surface area contributed by atoms with E-state index in [-0.39, 0.29) is 12.1 Å². The van der Waals surface area contributed by atoms with Gasteiger partial charge in [-0.3, -0.25) is 0 Å². The second-order valence-corrected chi connectivity index (χ2v) is 8.19. The summed E-state index contributed by atoms with van der Waals surface area (Å²) in [6.07, 6.45) is 6.13. The second-order valence-electron chi connectivity index (χ2n) is 8.19. The molecule has 0 radical (unpaired) electrons. The molecule has 26 heavy (non-hydrogen) atoms. The molecule has 2 heterocycles. The Morgan fingerprint density at radius 1 is 1.23 bits per heavy atom. The molecule has 2 amide bonds. The van der Waals surface area contributed by atoms with Crippen molar-refractivity contribution in [3.05, 3.63) is 24.3 Å². The lowest BCUT2D eigenvalue weighted by molar-refractivity contribution is -0.963. The average Bonchev–Trinajstić information content (AvgIpc) is 2.57. The number of amides is 2. The van der Waals surface area contributed by atoms with Gasteiger partial charge in [0.15, 0.2) is 0 Å². The Labute approximate surface area is 157 Å². The molecule has 2 fully saturated rings. The number of anilines is 1. The van der Waals surface area contributed by atoms with Crippen LogP contribution in [-0.4, -0.2) is 37.3 Å². The fourth-order valence-electron chi connectivity index (χ4n) is 4.75. The third-order valence-electron chi connectivity index (χ3n) is 5.71. The number of rotatable bonds is 6. The number of ether oxygens (including phenoxy) is 1. The Hall–Kier alpha value is -1.75. The van der Waals surface area contributed by atoms with Crippen LogP contribution in [0.1, 0.15) is 52.9 Å². The highest BCUT2D eigenvalue weighted by atomic mass is 16.5. The maximum atomic E-state index is 12.5. The molecule has 1 aromatic carbocycles. The lowest BCUT2D eigenvalue weighted by Gasteiger charge is -2.46. The molecule has 0 spiro atoms. The molecule has 1 aromatic rings. The van der Waals surface area contributed by atoms with Crippen LogP contribution >= 0.6 is 0 Å². The minimum absolute atomic E-state index is 0.118. The number of carbonyl (C=O) groups excluding carboxylic acids is 1. The molecule has 5 heteroatoms. The molecule has 2 aliphatic heterocycles. The van der Waals surface area contributed by atoms with Crippen molar-refractivity contribution >= 4 is 11.7 Å². The third-order valence-corrected chi connectivity index (χ3v) is 5.71. The van der Waals surface area contributed by atoms with Crippen molar-refractivity contribution in [2.75, 3.05) is 18.5 Å². The summed E-state index contributed by atoms with van der Waals surface area (Å²) in [6.45, 7) is 8.42. The number of nitrogens with one attached hydrogen (secondary N) is 3. The Balaban J connectivity index is 1.57. The first-order valence-electron chi connectivity index (χ1n) is 10.2. The SMILES string of the molecule is CCOc1ccccc1NC(=O)NC1C[C@H]2CCC[C@@H](C1)[NH+]2CC(C)C. The highest BCUT2D eigenvalue weighted by molar-refractivity contribution is 5.91. The number of hydrogen-bond donors (Lipinski definition) is 3. The molecular formula is C21H34N3O2+. The maximum Gasteiger partial charge on any atom is 0.319 e. The first kappa shape index (κ1) is 19.0. The fraction of sp³-hybridized carbons (Fsp3) is 0.667. The van der Waals surface area contributed by atoms with Gasteiger partial charge in [0.05, 0.1) is 30.9 Å². The van der Waals surface area contributed by atoms with Gasteiger partial charge in [-0.2, -0.15) is 0 Å². The number of carbonyl (C=O) groups is 1. The van der Waals surface area contributed by atoms with Crippen molar-refractivity contribution in [1.82, 2.24) is 5.32 Å². The molecule has 144 valence electrons. The van der Waals surface area contributed by atoms with Crippen LogP contribution in [0.4, 0.5) is 10.5 Å². The lowest BCUT2D eigenvalue weighted by atomic mass is 9.81. The predicted octanol–water partition coefficient (Wildman–Crippen LogP) is 2.83. The normalized spacial score (nSPS) is 27.8. The first-order valence-corrected chi connectivity index (χ1v) is 10.2. The van der Waals surface area contributed by atoms with E-state index in [9.17, 15) is 4.79 Å². The zero-order valence-electron chi connectivity index (χ0n) is 16.4. The van der Waals surface area contributed by atoms with E-state index in [4.69, 9.17) is 4.74 Å². The monoisotopic (exact) mass is 360 g/mol. The number of para-hydroxylation sites is 2. The van der Waals surface area contributed by atoms with E-state index in [1.54, 1.807) is 4.90 Å². The molecule has 5 nitrogen and oxygen atoms in total. The van der Waals surface area contributed by atoms with Gasteiger partial charge in [-0.15, -0.1) is 0 Å². The Morgan fingerprint density at radius 2 is 1.92 bits per heavy atom. The average molecular weight is 361 g/mol. The largest absolute Gasteiger partial charge is 0.492 e. The van der Waals surface area contributed by atoms with E-state index in [1.165, 1.54) is 25.8 Å². The fourth-order valence-corrected chi connectivity index (χ4v) is 4.75. The summed E-state index contributed by atoms with van der Waals surface area (Å²) >= 11 is 0. The molecule has 2 saturated heterocycles. The number of benzene rings is 1. The first-order chi connectivity index (χ1) is 12.6. The summed E-state index contributed by atoms with van der Waals surface area (Å²) in [6, 6.07) is 9.16. The maximum absolute atomic E-state index is 12.5. The number of hydrogen-bond acceptors (Lipinski definition) is 2. The molecule has 0 aliphatic carbocycles. The molecule has 0 aromatic heterocycles. The molecule has 2 bridgehead atoms. The van der Waals surface area contributed by atoms with Crippen molar-refractivity contribution < 1.29 is 14.4 Å². The predicted molar refractivity (Wildman–Crippen MR) is 105 cm³/mol. The summed E-state index contributed by atoms with van der Waals surface area (Å²) in [7, 11) is 0. The minimum atomic E-state index is -0.118. The van der Waals surface area contributed by atoms with Gasteiger partial charge in [0.1, 0.15) is 5.75 Å². The molecule has 0 saturated carbocycles. The van der Waals surface area contributed by atoms with E-state index < -0.39 is 0 Å². The van der Waals surface area contributed by atoms with Crippen LogP contribution in [0.2, 0.25) is 0 Å². The van der Waals surface area contributed by atoms with Crippen LogP contribution in [0.5, 0.6) is 5.75 Å². The van der Waals surface area contributed by atoms with E-state index in [0.29, 0.717) is 18.7 Å². The van der Waals surface area contributed by atoms with Gasteiger partial charge in [0, 0.05) is 24.8 Å². The molecular weight excluding hydrogens is 326 g/mol. The number of piperidine rings is 2. The third kappa shape index (κ3) is 4.70. The van der Waals surface area contributed by atoms with Crippen LogP contribution in [-0.2, 0) is 0 Å². The number of quaternary nitrogens is 1. The van der Waals surface area contributed by atoms with Crippen LogP contribution < -0.4 is 20.3 Å². The van der Waals surface area contributed by atoms with E-state index in [2.05, 4.69) is 24.5 Å². The van der Waals surface area contributed by atoms with E-state index in [0.717, 1.165) is 30.2 Å². The van der Waals surface area contributed by atoms with Crippen molar-refractivity contribution in [2.24, 2.45) is 5.92 Å². The van der Waals surface area contributed by atoms with Crippen LogP contribution in [0.3, 0.4) is 0 Å². The molecule has 3 N–H and O–H groups in total. The van der Waals surface area contributed by atoms with Gasteiger partial charge in [-0.25, -0.2) is 4.79 Å².